The molecule has 108 valence electrons. The molecular formula is C16H24BrClO. The van der Waals surface area contributed by atoms with E-state index in [-0.39, 0.29) is 0 Å². The van der Waals surface area contributed by atoms with Crippen molar-refractivity contribution in [2.24, 2.45) is 0 Å². The molecule has 19 heavy (non-hydrogen) atoms. The van der Waals surface area contributed by atoms with E-state index in [2.05, 4.69) is 22.9 Å². The number of ether oxygens (including phenoxy) is 1. The predicted octanol–water partition coefficient (Wildman–Crippen LogP) is 6.32. The van der Waals surface area contributed by atoms with E-state index in [9.17, 15) is 0 Å². The van der Waals surface area contributed by atoms with Gasteiger partial charge in [0.2, 0.25) is 0 Å². The van der Waals surface area contributed by atoms with Crippen LogP contribution in [0.5, 0.6) is 5.75 Å². The standard InChI is InChI=1S/C16H24BrClO/c1-2-3-4-5-6-7-8-11-19-16-10-9-15(17)12-14(16)13-18/h9-10,12H,2-8,11,13H2,1H3. The van der Waals surface area contributed by atoms with Crippen LogP contribution in [-0.4, -0.2) is 6.61 Å². The number of hydrogen-bond donors (Lipinski definition) is 0. The van der Waals surface area contributed by atoms with E-state index in [0.29, 0.717) is 5.88 Å². The Labute approximate surface area is 130 Å². The molecule has 0 radical (unpaired) electrons. The molecule has 0 aliphatic heterocycles. The minimum Gasteiger partial charge on any atom is -0.493 e. The van der Waals surface area contributed by atoms with Gasteiger partial charge in [-0.2, -0.15) is 0 Å². The van der Waals surface area contributed by atoms with Gasteiger partial charge in [-0.25, -0.2) is 0 Å². The molecule has 0 spiro atoms. The van der Waals surface area contributed by atoms with Crippen molar-refractivity contribution >= 4 is 27.5 Å². The lowest BCUT2D eigenvalue weighted by Crippen LogP contribution is -1.99. The third-order valence-electron chi connectivity index (χ3n) is 3.17. The molecule has 1 nitrogen and oxygen atoms in total. The molecule has 1 aromatic carbocycles. The summed E-state index contributed by atoms with van der Waals surface area (Å²) in [4.78, 5) is 0. The summed E-state index contributed by atoms with van der Waals surface area (Å²) >= 11 is 9.36. The molecule has 0 bridgehead atoms. The number of hydrogen-bond acceptors (Lipinski definition) is 1. The molecule has 0 saturated heterocycles. The fraction of sp³-hybridized carbons (Fsp3) is 0.625. The third kappa shape index (κ3) is 7.22. The Morgan fingerprint density at radius 1 is 1.05 bits per heavy atom. The first-order valence-corrected chi connectivity index (χ1v) is 8.58. The van der Waals surface area contributed by atoms with E-state index in [1.165, 1.54) is 38.5 Å². The van der Waals surface area contributed by atoms with Gasteiger partial charge in [0.05, 0.1) is 12.5 Å². The van der Waals surface area contributed by atoms with Crippen molar-refractivity contribution in [2.45, 2.75) is 57.7 Å². The average molecular weight is 348 g/mol. The lowest BCUT2D eigenvalue weighted by Gasteiger charge is -2.10. The van der Waals surface area contributed by atoms with Crippen LogP contribution in [0.1, 0.15) is 57.4 Å². The number of alkyl halides is 1. The lowest BCUT2D eigenvalue weighted by atomic mass is 10.1. The molecule has 0 unspecified atom stereocenters. The van der Waals surface area contributed by atoms with E-state index < -0.39 is 0 Å². The normalized spacial score (nSPS) is 10.7. The summed E-state index contributed by atoms with van der Waals surface area (Å²) in [5, 5.41) is 0. The second-order valence-corrected chi connectivity index (χ2v) is 6.04. The summed E-state index contributed by atoms with van der Waals surface area (Å²) in [6, 6.07) is 6.01. The summed E-state index contributed by atoms with van der Waals surface area (Å²) in [7, 11) is 0. The van der Waals surface area contributed by atoms with Crippen LogP contribution in [0.3, 0.4) is 0 Å². The van der Waals surface area contributed by atoms with Crippen molar-refractivity contribution in [1.29, 1.82) is 0 Å². The van der Waals surface area contributed by atoms with Gasteiger partial charge >= 0.3 is 0 Å². The second-order valence-electron chi connectivity index (χ2n) is 4.86. The van der Waals surface area contributed by atoms with Gasteiger partial charge < -0.3 is 4.74 Å². The minimum atomic E-state index is 0.492. The van der Waals surface area contributed by atoms with Crippen LogP contribution in [0, 0.1) is 0 Å². The summed E-state index contributed by atoms with van der Waals surface area (Å²) in [5.41, 5.74) is 1.05. The quantitative estimate of drug-likeness (QED) is 0.355. The smallest absolute Gasteiger partial charge is 0.123 e. The van der Waals surface area contributed by atoms with Gasteiger partial charge in [-0.15, -0.1) is 11.6 Å². The van der Waals surface area contributed by atoms with Gasteiger partial charge in [0.15, 0.2) is 0 Å². The van der Waals surface area contributed by atoms with E-state index in [4.69, 9.17) is 16.3 Å². The van der Waals surface area contributed by atoms with Gasteiger partial charge in [0, 0.05) is 10.0 Å². The molecule has 0 aromatic heterocycles. The molecule has 0 N–H and O–H groups in total. The van der Waals surface area contributed by atoms with Gasteiger partial charge in [-0.1, -0.05) is 61.4 Å². The monoisotopic (exact) mass is 346 g/mol. The maximum Gasteiger partial charge on any atom is 0.123 e. The fourth-order valence-electron chi connectivity index (χ4n) is 2.03. The van der Waals surface area contributed by atoms with Gasteiger partial charge in [-0.3, -0.25) is 0 Å². The molecular weight excluding hydrogens is 324 g/mol. The number of rotatable bonds is 10. The highest BCUT2D eigenvalue weighted by Crippen LogP contribution is 2.25. The highest BCUT2D eigenvalue weighted by atomic mass is 79.9. The van der Waals surface area contributed by atoms with Gasteiger partial charge in [-0.05, 0) is 24.6 Å². The molecule has 0 fully saturated rings. The highest BCUT2D eigenvalue weighted by molar-refractivity contribution is 9.10. The first-order chi connectivity index (χ1) is 9.27. The van der Waals surface area contributed by atoms with Crippen molar-refractivity contribution in [3.05, 3.63) is 28.2 Å². The minimum absolute atomic E-state index is 0.492. The van der Waals surface area contributed by atoms with Gasteiger partial charge in [0.25, 0.3) is 0 Å². The van der Waals surface area contributed by atoms with E-state index in [1.807, 2.05) is 18.2 Å². The summed E-state index contributed by atoms with van der Waals surface area (Å²) in [6.45, 7) is 3.04. The van der Waals surface area contributed by atoms with Crippen molar-refractivity contribution in [1.82, 2.24) is 0 Å². The van der Waals surface area contributed by atoms with Crippen LogP contribution in [0.15, 0.2) is 22.7 Å². The van der Waals surface area contributed by atoms with Crippen molar-refractivity contribution in [2.75, 3.05) is 6.61 Å². The van der Waals surface area contributed by atoms with Crippen LogP contribution >= 0.6 is 27.5 Å². The van der Waals surface area contributed by atoms with Crippen LogP contribution < -0.4 is 4.74 Å². The Hall–Kier alpha value is -0.210. The Kier molecular flexibility index (Phi) is 9.36. The Bertz CT molecular complexity index is 355. The molecule has 1 aromatic rings. The average Bonchev–Trinajstić information content (AvgIpc) is 2.43. The maximum absolute atomic E-state index is 5.91. The molecule has 1 rings (SSSR count). The zero-order valence-corrected chi connectivity index (χ0v) is 14.1. The van der Waals surface area contributed by atoms with Crippen LogP contribution in [0.4, 0.5) is 0 Å². The molecule has 0 aliphatic carbocycles. The first kappa shape index (κ1) is 16.8. The SMILES string of the molecule is CCCCCCCCCOc1ccc(Br)cc1CCl. The summed E-state index contributed by atoms with van der Waals surface area (Å²) < 4.78 is 6.85. The predicted molar refractivity (Wildman–Crippen MR) is 87.2 cm³/mol. The van der Waals surface area contributed by atoms with Gasteiger partial charge in [0.1, 0.15) is 5.75 Å². The summed E-state index contributed by atoms with van der Waals surface area (Å²) in [6.07, 6.45) is 9.13. The maximum atomic E-state index is 5.91. The van der Waals surface area contributed by atoms with Crippen molar-refractivity contribution < 1.29 is 4.74 Å². The lowest BCUT2D eigenvalue weighted by molar-refractivity contribution is 0.302. The fourth-order valence-corrected chi connectivity index (χ4v) is 2.65. The molecule has 0 heterocycles. The van der Waals surface area contributed by atoms with E-state index >= 15 is 0 Å². The summed E-state index contributed by atoms with van der Waals surface area (Å²) in [5.74, 6) is 1.41. The Morgan fingerprint density at radius 3 is 2.42 bits per heavy atom. The van der Waals surface area contributed by atoms with Crippen molar-refractivity contribution in [3.8, 4) is 5.75 Å². The van der Waals surface area contributed by atoms with Crippen LogP contribution in [-0.2, 0) is 5.88 Å². The molecule has 0 aliphatic rings. The van der Waals surface area contributed by atoms with Crippen molar-refractivity contribution in [3.63, 3.8) is 0 Å². The largest absolute Gasteiger partial charge is 0.493 e. The van der Waals surface area contributed by atoms with E-state index in [1.54, 1.807) is 0 Å². The van der Waals surface area contributed by atoms with Crippen LogP contribution in [0.25, 0.3) is 0 Å². The number of unbranched alkanes of at least 4 members (excludes halogenated alkanes) is 6. The highest BCUT2D eigenvalue weighted by Gasteiger charge is 2.03. The first-order valence-electron chi connectivity index (χ1n) is 7.25. The second kappa shape index (κ2) is 10.6. The van der Waals surface area contributed by atoms with Crippen LogP contribution in [0.2, 0.25) is 0 Å². The third-order valence-corrected chi connectivity index (χ3v) is 3.95. The molecule has 3 heteroatoms. The Morgan fingerprint density at radius 2 is 1.74 bits per heavy atom. The Balaban J connectivity index is 2.15. The number of halogens is 2. The molecule has 0 atom stereocenters. The number of benzene rings is 1. The topological polar surface area (TPSA) is 9.23 Å². The van der Waals surface area contributed by atoms with E-state index in [0.717, 1.165) is 28.8 Å². The zero-order valence-electron chi connectivity index (χ0n) is 11.8. The molecule has 0 amide bonds. The molecule has 0 saturated carbocycles. The zero-order chi connectivity index (χ0) is 13.9.